The summed E-state index contributed by atoms with van der Waals surface area (Å²) in [5.74, 6) is 0.00498. The van der Waals surface area contributed by atoms with Gasteiger partial charge in [-0.25, -0.2) is 4.39 Å². The Morgan fingerprint density at radius 2 is 2.22 bits per heavy atom. The van der Waals surface area contributed by atoms with Gasteiger partial charge in [0.1, 0.15) is 5.82 Å². The Morgan fingerprint density at radius 1 is 1.37 bits per heavy atom. The van der Waals surface area contributed by atoms with Crippen LogP contribution in [0.3, 0.4) is 0 Å². The number of halogens is 2. The van der Waals surface area contributed by atoms with Crippen LogP contribution in [-0.4, -0.2) is 34.1 Å². The fraction of sp³-hybridized carbons (Fsp3) is 0.278. The molecule has 0 saturated heterocycles. The Hall–Kier alpha value is -2.29. The fourth-order valence-corrected chi connectivity index (χ4v) is 3.34. The predicted octanol–water partition coefficient (Wildman–Crippen LogP) is 4.44. The quantitative estimate of drug-likeness (QED) is 0.596. The molecule has 0 fully saturated rings. The van der Waals surface area contributed by atoms with E-state index < -0.39 is 5.82 Å². The zero-order valence-electron chi connectivity index (χ0n) is 14.6. The van der Waals surface area contributed by atoms with E-state index in [1.165, 1.54) is 29.5 Å². The largest absolute Gasteiger partial charge is 0.419 e. The van der Waals surface area contributed by atoms with E-state index in [-0.39, 0.29) is 18.1 Å². The topological polar surface area (TPSA) is 71.3 Å². The molecule has 0 unspecified atom stereocenters. The number of nitrogens with zero attached hydrogens (tertiary/aromatic N) is 3. The zero-order valence-corrected chi connectivity index (χ0v) is 16.2. The zero-order chi connectivity index (χ0) is 19.2. The van der Waals surface area contributed by atoms with Gasteiger partial charge < -0.3 is 9.73 Å². The van der Waals surface area contributed by atoms with Crippen LogP contribution in [0.15, 0.2) is 40.1 Å². The highest BCUT2D eigenvalue weighted by Crippen LogP contribution is 2.23. The number of amides is 1. The monoisotopic (exact) mass is 408 g/mol. The summed E-state index contributed by atoms with van der Waals surface area (Å²) in [5.41, 5.74) is 0.0571. The number of carbonyl (C=O) groups is 1. The number of hydrogen-bond donors (Lipinski definition) is 1. The summed E-state index contributed by atoms with van der Waals surface area (Å²) >= 11 is 7.37. The van der Waals surface area contributed by atoms with Crippen molar-refractivity contribution >= 4 is 34.5 Å². The third-order valence-corrected chi connectivity index (χ3v) is 4.76. The van der Waals surface area contributed by atoms with E-state index in [0.717, 1.165) is 11.3 Å². The summed E-state index contributed by atoms with van der Waals surface area (Å²) in [4.78, 5) is 15.1. The van der Waals surface area contributed by atoms with E-state index in [0.29, 0.717) is 29.9 Å². The lowest BCUT2D eigenvalue weighted by atomic mass is 10.3. The Morgan fingerprint density at radius 3 is 2.96 bits per heavy atom. The Bertz CT molecular complexity index is 901. The Labute approximate surface area is 165 Å². The van der Waals surface area contributed by atoms with Crippen LogP contribution in [0, 0.1) is 5.82 Å². The van der Waals surface area contributed by atoms with Crippen LogP contribution in [0.2, 0.25) is 5.02 Å². The van der Waals surface area contributed by atoms with Crippen molar-refractivity contribution in [3.8, 4) is 10.8 Å². The molecule has 1 aromatic carbocycles. The maximum Gasteiger partial charge on any atom is 0.257 e. The number of benzene rings is 1. The van der Waals surface area contributed by atoms with E-state index in [1.54, 1.807) is 0 Å². The summed E-state index contributed by atoms with van der Waals surface area (Å²) in [6.07, 6.45) is 0.838. The van der Waals surface area contributed by atoms with E-state index in [4.69, 9.17) is 16.0 Å². The highest BCUT2D eigenvalue weighted by molar-refractivity contribution is 7.13. The normalized spacial score (nSPS) is 11.1. The van der Waals surface area contributed by atoms with Gasteiger partial charge in [0.15, 0.2) is 0 Å². The van der Waals surface area contributed by atoms with Gasteiger partial charge in [0.05, 0.1) is 23.7 Å². The van der Waals surface area contributed by atoms with Crippen LogP contribution in [0.5, 0.6) is 0 Å². The van der Waals surface area contributed by atoms with Crippen LogP contribution in [-0.2, 0) is 11.3 Å². The lowest BCUT2D eigenvalue weighted by Gasteiger charge is -2.19. The van der Waals surface area contributed by atoms with Crippen molar-refractivity contribution in [3.63, 3.8) is 0 Å². The van der Waals surface area contributed by atoms with Gasteiger partial charge in [0.25, 0.3) is 5.89 Å². The van der Waals surface area contributed by atoms with Crippen molar-refractivity contribution in [2.45, 2.75) is 19.9 Å². The molecule has 2 aromatic heterocycles. The van der Waals surface area contributed by atoms with Crippen LogP contribution in [0.4, 0.5) is 10.1 Å². The van der Waals surface area contributed by atoms with E-state index >= 15 is 0 Å². The Kier molecular flexibility index (Phi) is 6.54. The molecular formula is C18H18ClFN4O2S. The maximum atomic E-state index is 13.8. The molecule has 0 spiro atoms. The number of aromatic nitrogens is 2. The van der Waals surface area contributed by atoms with Gasteiger partial charge in [0.2, 0.25) is 11.8 Å². The molecule has 27 heavy (non-hydrogen) atoms. The van der Waals surface area contributed by atoms with Crippen LogP contribution >= 0.6 is 22.9 Å². The molecule has 3 rings (SSSR count). The summed E-state index contributed by atoms with van der Waals surface area (Å²) in [6, 6.07) is 7.83. The van der Waals surface area contributed by atoms with Gasteiger partial charge in [-0.2, -0.15) is 0 Å². The molecule has 9 heteroatoms. The molecule has 0 aliphatic heterocycles. The second kappa shape index (κ2) is 9.07. The standard InChI is InChI=1S/C18H18ClFN4O2S/c1-2-7-24(10-16(25)21-14-9-12(19)5-6-13(14)20)11-17-22-23-18(26-17)15-4-3-8-27-15/h3-6,8-9H,2,7,10-11H2,1H3,(H,21,25). The highest BCUT2D eigenvalue weighted by Gasteiger charge is 2.17. The first-order chi connectivity index (χ1) is 13.0. The van der Waals surface area contributed by atoms with Crippen molar-refractivity contribution < 1.29 is 13.6 Å². The van der Waals surface area contributed by atoms with Crippen LogP contribution < -0.4 is 5.32 Å². The van der Waals surface area contributed by atoms with Crippen molar-refractivity contribution in [2.24, 2.45) is 0 Å². The number of nitrogens with one attached hydrogen (secondary N) is 1. The third kappa shape index (κ3) is 5.35. The van der Waals surface area contributed by atoms with Crippen molar-refractivity contribution in [3.05, 3.63) is 52.4 Å². The average Bonchev–Trinajstić information content (AvgIpc) is 3.29. The van der Waals surface area contributed by atoms with Gasteiger partial charge in [-0.3, -0.25) is 9.69 Å². The molecule has 0 radical (unpaired) electrons. The van der Waals surface area contributed by atoms with Crippen molar-refractivity contribution in [1.82, 2.24) is 15.1 Å². The van der Waals surface area contributed by atoms with E-state index in [9.17, 15) is 9.18 Å². The first-order valence-electron chi connectivity index (χ1n) is 8.38. The summed E-state index contributed by atoms with van der Waals surface area (Å²) in [7, 11) is 0. The van der Waals surface area contributed by atoms with Crippen molar-refractivity contribution in [1.29, 1.82) is 0 Å². The number of carbonyl (C=O) groups excluding carboxylic acids is 1. The molecule has 1 N–H and O–H groups in total. The van der Waals surface area contributed by atoms with Gasteiger partial charge in [-0.15, -0.1) is 21.5 Å². The molecule has 0 aliphatic rings. The molecular weight excluding hydrogens is 391 g/mol. The molecule has 142 valence electrons. The molecule has 1 amide bonds. The van der Waals surface area contributed by atoms with E-state index in [2.05, 4.69) is 15.5 Å². The van der Waals surface area contributed by atoms with Gasteiger partial charge >= 0.3 is 0 Å². The minimum absolute atomic E-state index is 0.0571. The summed E-state index contributed by atoms with van der Waals surface area (Å²) < 4.78 is 19.5. The second-order valence-corrected chi connectivity index (χ2v) is 7.25. The SMILES string of the molecule is CCCN(CC(=O)Nc1cc(Cl)ccc1F)Cc1nnc(-c2cccs2)o1. The van der Waals surface area contributed by atoms with E-state index in [1.807, 2.05) is 29.3 Å². The highest BCUT2D eigenvalue weighted by atomic mass is 35.5. The summed E-state index contributed by atoms with van der Waals surface area (Å²) in [5, 5.41) is 12.9. The summed E-state index contributed by atoms with van der Waals surface area (Å²) in [6.45, 7) is 3.06. The van der Waals surface area contributed by atoms with Gasteiger partial charge in [-0.05, 0) is 42.6 Å². The lowest BCUT2D eigenvalue weighted by molar-refractivity contribution is -0.117. The lowest BCUT2D eigenvalue weighted by Crippen LogP contribution is -2.33. The number of hydrogen-bond acceptors (Lipinski definition) is 6. The second-order valence-electron chi connectivity index (χ2n) is 5.86. The molecule has 0 aliphatic carbocycles. The smallest absolute Gasteiger partial charge is 0.257 e. The maximum absolute atomic E-state index is 13.8. The van der Waals surface area contributed by atoms with Gasteiger partial charge in [0, 0.05) is 5.02 Å². The van der Waals surface area contributed by atoms with Crippen LogP contribution in [0.1, 0.15) is 19.2 Å². The number of thiophene rings is 1. The molecule has 6 nitrogen and oxygen atoms in total. The minimum atomic E-state index is -0.535. The molecule has 0 atom stereocenters. The first kappa shape index (κ1) is 19.5. The van der Waals surface area contributed by atoms with Gasteiger partial charge in [-0.1, -0.05) is 24.6 Å². The first-order valence-corrected chi connectivity index (χ1v) is 9.64. The fourth-order valence-electron chi connectivity index (χ4n) is 2.52. The number of rotatable bonds is 8. The molecule has 0 saturated carbocycles. The predicted molar refractivity (Wildman–Crippen MR) is 103 cm³/mol. The molecule has 2 heterocycles. The van der Waals surface area contributed by atoms with Crippen LogP contribution in [0.25, 0.3) is 10.8 Å². The Balaban J connectivity index is 1.63. The number of anilines is 1. The average molecular weight is 409 g/mol. The molecule has 0 bridgehead atoms. The third-order valence-electron chi connectivity index (χ3n) is 3.67. The molecule has 3 aromatic rings. The van der Waals surface area contributed by atoms with Crippen molar-refractivity contribution in [2.75, 3.05) is 18.4 Å². The minimum Gasteiger partial charge on any atom is -0.419 e.